The van der Waals surface area contributed by atoms with E-state index in [2.05, 4.69) is 9.44 Å². The van der Waals surface area contributed by atoms with Gasteiger partial charge in [0.1, 0.15) is 0 Å². The van der Waals surface area contributed by atoms with Crippen LogP contribution in [0.4, 0.5) is 11.4 Å². The number of para-hydroxylation sites is 2. The summed E-state index contributed by atoms with van der Waals surface area (Å²) in [5.41, 5.74) is 5.61. The van der Waals surface area contributed by atoms with Crippen LogP contribution in [0, 0.1) is 0 Å². The molecule has 0 aliphatic rings. The average Bonchev–Trinajstić information content (AvgIpc) is 3.25. The minimum atomic E-state index is -3.86. The van der Waals surface area contributed by atoms with Gasteiger partial charge in [-0.25, -0.2) is 26.4 Å². The minimum Gasteiger partial charge on any atom is -0.493 e. The Kier molecular flexibility index (Phi) is 15.2. The number of rotatable bonds is 17. The SMILES string of the molecule is COc1ccc(S(=O)(=O)Nc2ccccc2CCc2cccc(C(=O)O)c2)cc1OC.O=C(O)c1cccc(CCc2ccccc2NS(=O)(=O)/C=C/c2ccccc2)c1. The van der Waals surface area contributed by atoms with Gasteiger partial charge in [0.05, 0.1) is 47.0 Å². The third-order valence-electron chi connectivity index (χ3n) is 9.15. The number of hydrogen-bond donors (Lipinski definition) is 4. The van der Waals surface area contributed by atoms with Gasteiger partial charge in [-0.15, -0.1) is 0 Å². The third-order valence-corrected chi connectivity index (χ3v) is 11.5. The van der Waals surface area contributed by atoms with Gasteiger partial charge >= 0.3 is 11.9 Å². The van der Waals surface area contributed by atoms with Crippen LogP contribution in [0.1, 0.15) is 48.5 Å². The molecule has 0 aliphatic carbocycles. The van der Waals surface area contributed by atoms with Crippen molar-refractivity contribution in [3.05, 3.63) is 190 Å². The van der Waals surface area contributed by atoms with Gasteiger partial charge in [0, 0.05) is 6.07 Å². The lowest BCUT2D eigenvalue weighted by Crippen LogP contribution is -2.14. The van der Waals surface area contributed by atoms with Gasteiger partial charge in [-0.05, 0) is 108 Å². The Hall–Kier alpha value is -6.90. The number of hydrogen-bond acceptors (Lipinski definition) is 8. The van der Waals surface area contributed by atoms with Crippen LogP contribution in [0.15, 0.2) is 156 Å². The normalized spacial score (nSPS) is 11.2. The quantitative estimate of drug-likeness (QED) is 0.0693. The molecule has 0 amide bonds. The fourth-order valence-electron chi connectivity index (χ4n) is 6.06. The van der Waals surface area contributed by atoms with Crippen molar-refractivity contribution in [3.63, 3.8) is 0 Å². The number of nitrogens with one attached hydrogen (secondary N) is 2. The Balaban J connectivity index is 0.000000228. The van der Waals surface area contributed by atoms with Crippen molar-refractivity contribution < 1.29 is 46.1 Å². The number of anilines is 2. The van der Waals surface area contributed by atoms with Crippen molar-refractivity contribution in [2.75, 3.05) is 23.7 Å². The minimum absolute atomic E-state index is 0.0501. The van der Waals surface area contributed by atoms with Gasteiger partial charge in [0.15, 0.2) is 11.5 Å². The highest BCUT2D eigenvalue weighted by molar-refractivity contribution is 7.95. The highest BCUT2D eigenvalue weighted by atomic mass is 32.2. The highest BCUT2D eigenvalue weighted by Gasteiger charge is 2.19. The zero-order valence-electron chi connectivity index (χ0n) is 32.8. The molecule has 0 saturated heterocycles. The predicted octanol–water partition coefficient (Wildman–Crippen LogP) is 8.57. The molecule has 12 nitrogen and oxygen atoms in total. The number of carboxylic acids is 2. The highest BCUT2D eigenvalue weighted by Crippen LogP contribution is 2.31. The monoisotopic (exact) mass is 848 g/mol. The van der Waals surface area contributed by atoms with E-state index in [-0.39, 0.29) is 16.0 Å². The molecule has 0 spiro atoms. The first-order valence-corrected chi connectivity index (χ1v) is 21.6. The van der Waals surface area contributed by atoms with Crippen molar-refractivity contribution in [3.8, 4) is 11.5 Å². The molecule has 0 unspecified atom stereocenters. The second-order valence-corrected chi connectivity index (χ2v) is 16.6. The summed E-state index contributed by atoms with van der Waals surface area (Å²) < 4.78 is 66.4. The van der Waals surface area contributed by atoms with Crippen LogP contribution in [0.25, 0.3) is 6.08 Å². The summed E-state index contributed by atoms with van der Waals surface area (Å²) in [5, 5.41) is 19.4. The van der Waals surface area contributed by atoms with E-state index in [1.807, 2.05) is 66.7 Å². The van der Waals surface area contributed by atoms with Crippen LogP contribution in [-0.2, 0) is 45.7 Å². The summed E-state index contributed by atoms with van der Waals surface area (Å²) in [5.74, 6) is -1.20. The number of aryl methyl sites for hydroxylation is 4. The average molecular weight is 849 g/mol. The standard InChI is InChI=1S/C23H23NO6S.C23H21NO4S/c1-29-21-13-12-19(15-22(21)30-2)31(27,28)24-20-9-4-3-7-17(20)11-10-16-6-5-8-18(14-16)23(25)26;25-23(26)21-11-6-9-19(17-21)13-14-20-10-4-5-12-22(20)24-29(27,28)16-15-18-7-2-1-3-8-18/h3-9,12-15,24H,10-11H2,1-2H3,(H,25,26);1-12,15-17,24H,13-14H2,(H,25,26)/b;16-15+. The largest absolute Gasteiger partial charge is 0.493 e. The molecule has 0 radical (unpaired) electrons. The number of benzene rings is 6. The molecule has 0 aliphatic heterocycles. The van der Waals surface area contributed by atoms with E-state index < -0.39 is 32.0 Å². The number of carboxylic acid groups (broad SMARTS) is 2. The molecular formula is C46H44N2O10S2. The summed E-state index contributed by atoms with van der Waals surface area (Å²) >= 11 is 0. The van der Waals surface area contributed by atoms with Crippen molar-refractivity contribution in [1.82, 2.24) is 0 Å². The Morgan fingerprint density at radius 1 is 0.550 bits per heavy atom. The van der Waals surface area contributed by atoms with Gasteiger partial charge in [-0.3, -0.25) is 9.44 Å². The van der Waals surface area contributed by atoms with Crippen LogP contribution >= 0.6 is 0 Å². The van der Waals surface area contributed by atoms with Crippen molar-refractivity contribution in [2.24, 2.45) is 0 Å². The lowest BCUT2D eigenvalue weighted by atomic mass is 10.0. The van der Waals surface area contributed by atoms with E-state index in [1.54, 1.807) is 60.7 Å². The zero-order chi connectivity index (χ0) is 43.1. The van der Waals surface area contributed by atoms with E-state index in [1.165, 1.54) is 38.5 Å². The van der Waals surface area contributed by atoms with Crippen molar-refractivity contribution in [1.29, 1.82) is 0 Å². The molecule has 0 aromatic heterocycles. The Morgan fingerprint density at radius 3 is 1.57 bits per heavy atom. The molecule has 4 N–H and O–H groups in total. The topological polar surface area (TPSA) is 185 Å². The lowest BCUT2D eigenvalue weighted by Gasteiger charge is -2.14. The zero-order valence-corrected chi connectivity index (χ0v) is 34.4. The molecule has 0 bridgehead atoms. The first-order valence-electron chi connectivity index (χ1n) is 18.6. The fraction of sp³-hybridized carbons (Fsp3) is 0.130. The summed E-state index contributed by atoms with van der Waals surface area (Å²) in [6, 6.07) is 41.4. The summed E-state index contributed by atoms with van der Waals surface area (Å²) in [6.45, 7) is 0. The molecule has 14 heteroatoms. The fourth-order valence-corrected chi connectivity index (χ4v) is 8.09. The molecule has 0 saturated carbocycles. The van der Waals surface area contributed by atoms with E-state index in [4.69, 9.17) is 19.7 Å². The van der Waals surface area contributed by atoms with Crippen molar-refractivity contribution >= 4 is 49.4 Å². The Morgan fingerprint density at radius 2 is 1.05 bits per heavy atom. The van der Waals surface area contributed by atoms with Crippen LogP contribution in [-0.4, -0.2) is 53.2 Å². The second-order valence-electron chi connectivity index (χ2n) is 13.3. The Bertz CT molecular complexity index is 2680. The number of aromatic carboxylic acids is 2. The molecule has 310 valence electrons. The predicted molar refractivity (Wildman–Crippen MR) is 233 cm³/mol. The number of ether oxygens (including phenoxy) is 2. The number of carbonyl (C=O) groups is 2. The Labute approximate surface area is 349 Å². The first kappa shape index (κ1) is 44.2. The molecule has 60 heavy (non-hydrogen) atoms. The maximum Gasteiger partial charge on any atom is 0.335 e. The third kappa shape index (κ3) is 12.8. The summed E-state index contributed by atoms with van der Waals surface area (Å²) in [7, 11) is -4.60. The van der Waals surface area contributed by atoms with E-state index in [9.17, 15) is 26.4 Å². The van der Waals surface area contributed by atoms with Crippen LogP contribution in [0.5, 0.6) is 11.5 Å². The van der Waals surface area contributed by atoms with E-state index in [0.29, 0.717) is 48.6 Å². The van der Waals surface area contributed by atoms with Crippen LogP contribution in [0.2, 0.25) is 0 Å². The molecule has 0 heterocycles. The van der Waals surface area contributed by atoms with Gasteiger partial charge < -0.3 is 19.7 Å². The van der Waals surface area contributed by atoms with Gasteiger partial charge in [0.25, 0.3) is 20.0 Å². The van der Waals surface area contributed by atoms with E-state index >= 15 is 0 Å². The smallest absolute Gasteiger partial charge is 0.335 e. The van der Waals surface area contributed by atoms with Gasteiger partial charge in [-0.2, -0.15) is 0 Å². The lowest BCUT2D eigenvalue weighted by molar-refractivity contribution is 0.0686. The molecule has 0 fully saturated rings. The van der Waals surface area contributed by atoms with Crippen LogP contribution in [0.3, 0.4) is 0 Å². The molecular weight excluding hydrogens is 805 g/mol. The number of methoxy groups -OCH3 is 2. The van der Waals surface area contributed by atoms with Gasteiger partial charge in [0.2, 0.25) is 0 Å². The molecule has 0 atom stereocenters. The van der Waals surface area contributed by atoms with E-state index in [0.717, 1.165) is 33.2 Å². The molecule has 6 rings (SSSR count). The number of sulfonamides is 2. The maximum absolute atomic E-state index is 12.9. The second kappa shape index (κ2) is 20.7. The van der Waals surface area contributed by atoms with Crippen molar-refractivity contribution in [2.45, 2.75) is 30.6 Å². The first-order chi connectivity index (χ1) is 28.8. The van der Waals surface area contributed by atoms with Crippen LogP contribution < -0.4 is 18.9 Å². The summed E-state index contributed by atoms with van der Waals surface area (Å²) in [6.07, 6.45) is 3.82. The summed E-state index contributed by atoms with van der Waals surface area (Å²) in [4.78, 5) is 22.3. The van der Waals surface area contributed by atoms with Gasteiger partial charge in [-0.1, -0.05) is 91.0 Å². The molecule has 6 aromatic carbocycles. The molecule has 6 aromatic rings. The maximum atomic E-state index is 12.9.